The summed E-state index contributed by atoms with van der Waals surface area (Å²) in [6, 6.07) is 0. The standard InChI is InChI=1S/C12H16N4O3S/c1-5-6-9(20-7(5)8(13)17)15-11(19)16(10(6)18)4-12(2,3)14/h4,14H2,1-3H3,(H2,13,17)(H,15,19). The summed E-state index contributed by atoms with van der Waals surface area (Å²) in [7, 11) is 0. The fourth-order valence-electron chi connectivity index (χ4n) is 2.04. The first-order valence-corrected chi connectivity index (χ1v) is 6.78. The van der Waals surface area contributed by atoms with Crippen molar-refractivity contribution >= 4 is 27.5 Å². The van der Waals surface area contributed by atoms with Crippen LogP contribution in [0, 0.1) is 6.92 Å². The average Bonchev–Trinajstić information content (AvgIpc) is 2.60. The molecule has 2 rings (SSSR count). The highest BCUT2D eigenvalue weighted by Gasteiger charge is 2.21. The molecular weight excluding hydrogens is 280 g/mol. The number of nitrogens with zero attached hydrogens (tertiary/aromatic N) is 1. The van der Waals surface area contributed by atoms with Crippen molar-refractivity contribution in [1.82, 2.24) is 9.55 Å². The van der Waals surface area contributed by atoms with E-state index in [2.05, 4.69) is 4.98 Å². The van der Waals surface area contributed by atoms with E-state index in [0.717, 1.165) is 15.9 Å². The van der Waals surface area contributed by atoms with Crippen molar-refractivity contribution in [3.05, 3.63) is 31.3 Å². The summed E-state index contributed by atoms with van der Waals surface area (Å²) in [6.45, 7) is 5.16. The minimum atomic E-state index is -0.707. The monoisotopic (exact) mass is 296 g/mol. The Morgan fingerprint density at radius 3 is 2.50 bits per heavy atom. The minimum absolute atomic E-state index is 0.0816. The van der Waals surface area contributed by atoms with E-state index in [1.165, 1.54) is 0 Å². The molecule has 8 heteroatoms. The number of carbonyl (C=O) groups excluding carboxylic acids is 1. The quantitative estimate of drug-likeness (QED) is 0.731. The summed E-state index contributed by atoms with van der Waals surface area (Å²) in [6.07, 6.45) is 0. The molecule has 0 atom stereocenters. The Morgan fingerprint density at radius 1 is 1.40 bits per heavy atom. The van der Waals surface area contributed by atoms with E-state index in [0.29, 0.717) is 15.8 Å². The van der Waals surface area contributed by atoms with Crippen molar-refractivity contribution in [2.75, 3.05) is 0 Å². The third-order valence-corrected chi connectivity index (χ3v) is 4.08. The smallest absolute Gasteiger partial charge is 0.329 e. The predicted molar refractivity (Wildman–Crippen MR) is 78.2 cm³/mol. The van der Waals surface area contributed by atoms with Gasteiger partial charge < -0.3 is 11.5 Å². The Morgan fingerprint density at radius 2 is 2.00 bits per heavy atom. The van der Waals surface area contributed by atoms with Crippen molar-refractivity contribution in [3.8, 4) is 0 Å². The number of thiophene rings is 1. The van der Waals surface area contributed by atoms with Crippen LogP contribution in [0.2, 0.25) is 0 Å². The van der Waals surface area contributed by atoms with Crippen LogP contribution in [0.3, 0.4) is 0 Å². The molecule has 20 heavy (non-hydrogen) atoms. The van der Waals surface area contributed by atoms with E-state index in [1.807, 2.05) is 0 Å². The van der Waals surface area contributed by atoms with E-state index in [9.17, 15) is 14.4 Å². The van der Waals surface area contributed by atoms with Gasteiger partial charge in [0.25, 0.3) is 11.5 Å². The van der Waals surface area contributed by atoms with Crippen LogP contribution in [0.25, 0.3) is 10.2 Å². The summed E-state index contributed by atoms with van der Waals surface area (Å²) >= 11 is 1.01. The number of aromatic amines is 1. The molecule has 2 heterocycles. The molecule has 108 valence electrons. The van der Waals surface area contributed by atoms with Crippen molar-refractivity contribution in [2.45, 2.75) is 32.9 Å². The van der Waals surface area contributed by atoms with Crippen LogP contribution in [-0.2, 0) is 6.54 Å². The van der Waals surface area contributed by atoms with E-state index in [4.69, 9.17) is 11.5 Å². The lowest BCUT2D eigenvalue weighted by atomic mass is 10.1. The number of fused-ring (bicyclic) bond motifs is 1. The van der Waals surface area contributed by atoms with Gasteiger partial charge in [0.05, 0.1) is 10.3 Å². The van der Waals surface area contributed by atoms with Gasteiger partial charge in [0, 0.05) is 12.1 Å². The van der Waals surface area contributed by atoms with E-state index < -0.39 is 22.7 Å². The third-order valence-electron chi connectivity index (χ3n) is 2.86. The van der Waals surface area contributed by atoms with Crippen molar-refractivity contribution in [1.29, 1.82) is 0 Å². The highest BCUT2D eigenvalue weighted by molar-refractivity contribution is 7.20. The SMILES string of the molecule is Cc1c(C(N)=O)sc2[nH]c(=O)n(CC(C)(C)N)c(=O)c12. The summed E-state index contributed by atoms with van der Waals surface area (Å²) in [5, 5.41) is 0.313. The predicted octanol–water partition coefficient (Wildman–Crippen LogP) is -0.104. The fraction of sp³-hybridized carbons (Fsp3) is 0.417. The van der Waals surface area contributed by atoms with Gasteiger partial charge in [-0.1, -0.05) is 0 Å². The van der Waals surface area contributed by atoms with Gasteiger partial charge in [0.2, 0.25) is 0 Å². The second kappa shape index (κ2) is 4.57. The molecule has 0 bridgehead atoms. The number of nitrogens with one attached hydrogen (secondary N) is 1. The molecular formula is C12H16N4O3S. The van der Waals surface area contributed by atoms with E-state index >= 15 is 0 Å². The van der Waals surface area contributed by atoms with Crippen LogP contribution in [0.1, 0.15) is 29.1 Å². The highest BCUT2D eigenvalue weighted by Crippen LogP contribution is 2.25. The Kier molecular flexibility index (Phi) is 3.31. The van der Waals surface area contributed by atoms with Crippen LogP contribution >= 0.6 is 11.3 Å². The summed E-state index contributed by atoms with van der Waals surface area (Å²) in [5.74, 6) is -0.616. The molecule has 5 N–H and O–H groups in total. The molecule has 0 saturated carbocycles. The van der Waals surface area contributed by atoms with Gasteiger partial charge in [0.1, 0.15) is 4.83 Å². The Balaban J connectivity index is 2.82. The molecule has 2 aromatic rings. The molecule has 0 aliphatic heterocycles. The van der Waals surface area contributed by atoms with Crippen molar-refractivity contribution < 1.29 is 4.79 Å². The largest absolute Gasteiger partial charge is 0.365 e. The first kappa shape index (κ1) is 14.5. The second-order valence-electron chi connectivity index (χ2n) is 5.43. The molecule has 0 aliphatic carbocycles. The van der Waals surface area contributed by atoms with Crippen LogP contribution in [-0.4, -0.2) is 21.0 Å². The normalized spacial score (nSPS) is 12.0. The van der Waals surface area contributed by atoms with Gasteiger partial charge in [-0.25, -0.2) is 4.79 Å². The molecule has 7 nitrogen and oxygen atoms in total. The minimum Gasteiger partial charge on any atom is -0.365 e. The maximum atomic E-state index is 12.4. The number of rotatable bonds is 3. The van der Waals surface area contributed by atoms with Crippen LogP contribution in [0.4, 0.5) is 0 Å². The lowest BCUT2D eigenvalue weighted by molar-refractivity contribution is 0.100. The number of amides is 1. The van der Waals surface area contributed by atoms with E-state index in [1.54, 1.807) is 20.8 Å². The third kappa shape index (κ3) is 2.39. The Labute approximate surface area is 118 Å². The van der Waals surface area contributed by atoms with Gasteiger partial charge >= 0.3 is 5.69 Å². The lowest BCUT2D eigenvalue weighted by Crippen LogP contribution is -2.46. The number of hydrogen-bond donors (Lipinski definition) is 3. The zero-order valence-electron chi connectivity index (χ0n) is 11.4. The molecule has 1 amide bonds. The maximum absolute atomic E-state index is 12.4. The zero-order valence-corrected chi connectivity index (χ0v) is 12.3. The highest BCUT2D eigenvalue weighted by atomic mass is 32.1. The van der Waals surface area contributed by atoms with Gasteiger partial charge in [-0.3, -0.25) is 19.1 Å². The number of aromatic nitrogens is 2. The Hall–Kier alpha value is -1.93. The number of primary amides is 1. The summed E-state index contributed by atoms with van der Waals surface area (Å²) in [4.78, 5) is 38.9. The first-order valence-electron chi connectivity index (χ1n) is 5.96. The average molecular weight is 296 g/mol. The molecule has 0 spiro atoms. The van der Waals surface area contributed by atoms with Gasteiger partial charge in [0.15, 0.2) is 0 Å². The van der Waals surface area contributed by atoms with Gasteiger partial charge in [-0.05, 0) is 26.3 Å². The zero-order chi connectivity index (χ0) is 15.2. The van der Waals surface area contributed by atoms with Crippen LogP contribution in [0.5, 0.6) is 0 Å². The number of nitrogens with two attached hydrogens (primary N) is 2. The molecule has 2 aromatic heterocycles. The van der Waals surface area contributed by atoms with Crippen molar-refractivity contribution in [2.24, 2.45) is 11.5 Å². The number of H-pyrrole nitrogens is 1. The molecule has 0 aromatic carbocycles. The maximum Gasteiger partial charge on any atom is 0.329 e. The molecule has 0 aliphatic rings. The number of hydrogen-bond acceptors (Lipinski definition) is 5. The molecule has 0 fully saturated rings. The molecule has 0 unspecified atom stereocenters. The first-order chi connectivity index (χ1) is 9.11. The molecule has 0 saturated heterocycles. The second-order valence-corrected chi connectivity index (χ2v) is 6.46. The summed E-state index contributed by atoms with van der Waals surface area (Å²) in [5.41, 5.74) is 9.90. The summed E-state index contributed by atoms with van der Waals surface area (Å²) < 4.78 is 1.05. The fourth-order valence-corrected chi connectivity index (χ4v) is 3.08. The topological polar surface area (TPSA) is 124 Å². The number of carbonyl (C=O) groups is 1. The van der Waals surface area contributed by atoms with Gasteiger partial charge in [-0.2, -0.15) is 0 Å². The Bertz CT molecular complexity index is 807. The number of aryl methyl sites for hydroxylation is 1. The van der Waals surface area contributed by atoms with Crippen LogP contribution < -0.4 is 22.7 Å². The van der Waals surface area contributed by atoms with E-state index in [-0.39, 0.29) is 11.4 Å². The lowest BCUT2D eigenvalue weighted by Gasteiger charge is -2.18. The van der Waals surface area contributed by atoms with Crippen molar-refractivity contribution in [3.63, 3.8) is 0 Å². The molecule has 0 radical (unpaired) electrons. The van der Waals surface area contributed by atoms with Crippen LogP contribution in [0.15, 0.2) is 9.59 Å². The van der Waals surface area contributed by atoms with Gasteiger partial charge in [-0.15, -0.1) is 11.3 Å².